The molecular weight excluding hydrogens is 398 g/mol. The minimum Gasteiger partial charge on any atom is -0.508 e. The number of Topliss-reactive ketones (excluding diaryl/α,β-unsaturated/α-hetero) is 1. The molecule has 5 heteroatoms. The van der Waals surface area contributed by atoms with Crippen LogP contribution in [0.25, 0.3) is 0 Å². The molecule has 1 aliphatic heterocycles. The molecule has 1 aromatic heterocycles. The lowest BCUT2D eigenvalue weighted by molar-refractivity contribution is 0.0995. The number of fused-ring (bicyclic) bond motifs is 2. The highest BCUT2D eigenvalue weighted by molar-refractivity contribution is 6.09. The molecule has 1 saturated carbocycles. The minimum absolute atomic E-state index is 0.0303. The van der Waals surface area contributed by atoms with E-state index in [0.29, 0.717) is 28.9 Å². The van der Waals surface area contributed by atoms with Crippen molar-refractivity contribution >= 4 is 28.7 Å². The predicted molar refractivity (Wildman–Crippen MR) is 128 cm³/mol. The van der Waals surface area contributed by atoms with Gasteiger partial charge in [0.15, 0.2) is 5.78 Å². The normalized spacial score (nSPS) is 16.2. The van der Waals surface area contributed by atoms with E-state index in [1.807, 2.05) is 19.1 Å². The van der Waals surface area contributed by atoms with Crippen LogP contribution in [-0.2, 0) is 12.8 Å². The largest absolute Gasteiger partial charge is 0.508 e. The van der Waals surface area contributed by atoms with Crippen LogP contribution in [0.1, 0.15) is 59.7 Å². The highest BCUT2D eigenvalue weighted by Gasteiger charge is 2.31. The molecule has 32 heavy (non-hydrogen) atoms. The first kappa shape index (κ1) is 20.6. The van der Waals surface area contributed by atoms with Crippen molar-refractivity contribution in [3.8, 4) is 5.75 Å². The lowest BCUT2D eigenvalue weighted by Crippen LogP contribution is -2.25. The first-order valence-corrected chi connectivity index (χ1v) is 11.4. The Morgan fingerprint density at radius 2 is 1.97 bits per heavy atom. The van der Waals surface area contributed by atoms with Crippen molar-refractivity contribution in [2.45, 2.75) is 52.4 Å². The van der Waals surface area contributed by atoms with Gasteiger partial charge in [-0.05, 0) is 72.9 Å². The van der Waals surface area contributed by atoms with Gasteiger partial charge in [-0.25, -0.2) is 4.98 Å². The second-order valence-corrected chi connectivity index (χ2v) is 9.59. The Kier molecular flexibility index (Phi) is 5.12. The Balaban J connectivity index is 1.42. The van der Waals surface area contributed by atoms with Crippen LogP contribution < -0.4 is 10.6 Å². The average molecular weight is 428 g/mol. The highest BCUT2D eigenvalue weighted by Crippen LogP contribution is 2.44. The maximum absolute atomic E-state index is 13.3. The molecule has 0 spiro atoms. The monoisotopic (exact) mass is 427 g/mol. The standard InChI is InChI=1S/C27H29N3O2/c1-17-4-6-20(31)16-23(17)29-22-9-13-28-26-25(22)24(32)15-19-14-18(5-7-21(19)30-26)8-12-27(2)10-3-11-27/h4-7,9,13-14,16,31H,3,8,10-12,15H2,1-2H3,(H2,28,29,30). The van der Waals surface area contributed by atoms with Crippen LogP contribution in [0, 0.1) is 12.3 Å². The Bertz CT molecular complexity index is 1200. The van der Waals surface area contributed by atoms with E-state index >= 15 is 0 Å². The van der Waals surface area contributed by atoms with Gasteiger partial charge in [-0.2, -0.15) is 0 Å². The number of rotatable bonds is 5. The number of nitrogens with one attached hydrogen (secondary N) is 2. The molecule has 3 aromatic rings. The summed E-state index contributed by atoms with van der Waals surface area (Å²) < 4.78 is 0. The number of aromatic nitrogens is 1. The molecule has 0 atom stereocenters. The summed E-state index contributed by atoms with van der Waals surface area (Å²) in [5, 5.41) is 16.6. The van der Waals surface area contributed by atoms with Gasteiger partial charge < -0.3 is 15.7 Å². The molecule has 5 nitrogen and oxygen atoms in total. The third-order valence-corrected chi connectivity index (χ3v) is 7.07. The summed E-state index contributed by atoms with van der Waals surface area (Å²) >= 11 is 0. The van der Waals surface area contributed by atoms with E-state index in [9.17, 15) is 9.90 Å². The molecule has 1 fully saturated rings. The van der Waals surface area contributed by atoms with E-state index in [0.717, 1.165) is 28.9 Å². The van der Waals surface area contributed by atoms with Gasteiger partial charge in [0.1, 0.15) is 11.6 Å². The number of nitrogens with zero attached hydrogens (tertiary/aromatic N) is 1. The van der Waals surface area contributed by atoms with Gasteiger partial charge in [-0.1, -0.05) is 31.5 Å². The van der Waals surface area contributed by atoms with Crippen LogP contribution in [0.15, 0.2) is 48.7 Å². The summed E-state index contributed by atoms with van der Waals surface area (Å²) in [6.07, 6.45) is 8.28. The molecule has 5 rings (SSSR count). The van der Waals surface area contributed by atoms with Gasteiger partial charge in [-0.3, -0.25) is 4.79 Å². The SMILES string of the molecule is Cc1ccc(O)cc1Nc1ccnc2c1C(=O)Cc1cc(CCC3(C)CCC3)ccc1N2. The minimum atomic E-state index is 0.0303. The molecule has 164 valence electrons. The quantitative estimate of drug-likeness (QED) is 0.437. The first-order valence-electron chi connectivity index (χ1n) is 11.4. The second-order valence-electron chi connectivity index (χ2n) is 9.59. The topological polar surface area (TPSA) is 74.2 Å². The zero-order valence-electron chi connectivity index (χ0n) is 18.7. The summed E-state index contributed by atoms with van der Waals surface area (Å²) in [6.45, 7) is 4.35. The highest BCUT2D eigenvalue weighted by atomic mass is 16.3. The number of carbonyl (C=O) groups is 1. The third kappa shape index (κ3) is 3.95. The number of ketones is 1. The summed E-state index contributed by atoms with van der Waals surface area (Å²) in [5.74, 6) is 0.771. The average Bonchev–Trinajstić information content (AvgIpc) is 2.89. The van der Waals surface area contributed by atoms with Gasteiger partial charge >= 0.3 is 0 Å². The Hall–Kier alpha value is -3.34. The molecule has 0 radical (unpaired) electrons. The van der Waals surface area contributed by atoms with Crippen molar-refractivity contribution in [1.82, 2.24) is 4.98 Å². The predicted octanol–water partition coefficient (Wildman–Crippen LogP) is 6.44. The summed E-state index contributed by atoms with van der Waals surface area (Å²) in [5.41, 5.74) is 6.72. The molecule has 3 N–H and O–H groups in total. The smallest absolute Gasteiger partial charge is 0.173 e. The third-order valence-electron chi connectivity index (χ3n) is 7.07. The van der Waals surface area contributed by atoms with E-state index < -0.39 is 0 Å². The molecule has 0 bridgehead atoms. The fraction of sp³-hybridized carbons (Fsp3) is 0.333. The van der Waals surface area contributed by atoms with Crippen LogP contribution in [0.2, 0.25) is 0 Å². The Morgan fingerprint density at radius 3 is 2.75 bits per heavy atom. The van der Waals surface area contributed by atoms with Gasteiger partial charge in [-0.15, -0.1) is 0 Å². The van der Waals surface area contributed by atoms with Gasteiger partial charge in [0.25, 0.3) is 0 Å². The van der Waals surface area contributed by atoms with Crippen molar-refractivity contribution in [2.24, 2.45) is 5.41 Å². The number of aromatic hydroxyl groups is 1. The number of hydrogen-bond acceptors (Lipinski definition) is 5. The van der Waals surface area contributed by atoms with Crippen molar-refractivity contribution in [1.29, 1.82) is 0 Å². The van der Waals surface area contributed by atoms with Crippen LogP contribution in [0.4, 0.5) is 22.9 Å². The summed E-state index contributed by atoms with van der Waals surface area (Å²) in [6, 6.07) is 13.4. The molecule has 1 aliphatic carbocycles. The number of hydrogen-bond donors (Lipinski definition) is 3. The molecule has 0 unspecified atom stereocenters. The molecule has 0 saturated heterocycles. The summed E-state index contributed by atoms with van der Waals surface area (Å²) in [4.78, 5) is 17.8. The Morgan fingerprint density at radius 1 is 1.12 bits per heavy atom. The van der Waals surface area contributed by atoms with Crippen LogP contribution >= 0.6 is 0 Å². The molecule has 2 aliphatic rings. The van der Waals surface area contributed by atoms with Crippen molar-refractivity contribution < 1.29 is 9.90 Å². The van der Waals surface area contributed by atoms with Crippen molar-refractivity contribution in [3.05, 3.63) is 70.9 Å². The number of benzene rings is 2. The fourth-order valence-electron chi connectivity index (χ4n) is 4.77. The molecule has 0 amide bonds. The van der Waals surface area contributed by atoms with Gasteiger partial charge in [0.05, 0.1) is 11.3 Å². The van der Waals surface area contributed by atoms with Crippen molar-refractivity contribution in [2.75, 3.05) is 10.6 Å². The van der Waals surface area contributed by atoms with E-state index in [2.05, 4.69) is 40.7 Å². The number of pyridine rings is 1. The maximum atomic E-state index is 13.3. The molecule has 2 heterocycles. The van der Waals surface area contributed by atoms with Gasteiger partial charge in [0.2, 0.25) is 0 Å². The van der Waals surface area contributed by atoms with Crippen LogP contribution in [0.5, 0.6) is 5.75 Å². The van der Waals surface area contributed by atoms with Gasteiger partial charge in [0, 0.05) is 30.1 Å². The number of phenolic OH excluding ortho intramolecular Hbond substituents is 1. The number of carbonyl (C=O) groups excluding carboxylic acids is 1. The maximum Gasteiger partial charge on any atom is 0.173 e. The summed E-state index contributed by atoms with van der Waals surface area (Å²) in [7, 11) is 0. The zero-order chi connectivity index (χ0) is 22.3. The van der Waals surface area contributed by atoms with Crippen molar-refractivity contribution in [3.63, 3.8) is 0 Å². The van der Waals surface area contributed by atoms with E-state index in [1.54, 1.807) is 18.3 Å². The number of aryl methyl sites for hydroxylation is 2. The second kappa shape index (κ2) is 7.97. The first-order chi connectivity index (χ1) is 15.4. The van der Waals surface area contributed by atoms with Crippen LogP contribution in [-0.4, -0.2) is 15.9 Å². The van der Waals surface area contributed by atoms with E-state index in [1.165, 1.54) is 31.2 Å². The molecular formula is C27H29N3O2. The lowest BCUT2D eigenvalue weighted by Gasteiger charge is -2.38. The lowest BCUT2D eigenvalue weighted by atomic mass is 9.67. The Labute approximate surface area is 188 Å². The fourth-order valence-corrected chi connectivity index (χ4v) is 4.77. The number of phenols is 1. The van der Waals surface area contributed by atoms with Crippen LogP contribution in [0.3, 0.4) is 0 Å². The molecule has 2 aromatic carbocycles. The number of anilines is 4. The van der Waals surface area contributed by atoms with E-state index in [4.69, 9.17) is 0 Å². The van der Waals surface area contributed by atoms with E-state index in [-0.39, 0.29) is 11.5 Å². The zero-order valence-corrected chi connectivity index (χ0v) is 18.7.